The number of thiophene rings is 1. The van der Waals surface area contributed by atoms with Crippen molar-refractivity contribution in [3.05, 3.63) is 21.9 Å². The number of aliphatic hydroxyl groups excluding tert-OH is 1. The average molecular weight is 303 g/mol. The minimum Gasteiger partial charge on any atom is -0.384 e. The van der Waals surface area contributed by atoms with Crippen LogP contribution in [0.5, 0.6) is 0 Å². The van der Waals surface area contributed by atoms with Gasteiger partial charge in [0, 0.05) is 18.5 Å². The molecule has 3 rings (SSSR count). The zero-order chi connectivity index (χ0) is 14.7. The molecule has 1 aliphatic carbocycles. The number of nitrogens with zero attached hydrogens (tertiary/aromatic N) is 1. The number of likely N-dealkylation sites (tertiary alicyclic amines) is 1. The second-order valence-electron chi connectivity index (χ2n) is 6.00. The monoisotopic (exact) mass is 303 g/mol. The fraction of sp³-hybridized carbons (Fsp3) is 0.588. The van der Waals surface area contributed by atoms with Crippen LogP contribution in [0.25, 0.3) is 0 Å². The van der Waals surface area contributed by atoms with E-state index in [0.717, 1.165) is 35.9 Å². The Hall–Kier alpha value is -1.31. The maximum Gasteiger partial charge on any atom is 0.254 e. The van der Waals surface area contributed by atoms with E-state index in [2.05, 4.69) is 11.8 Å². The minimum atomic E-state index is -0.142. The van der Waals surface area contributed by atoms with Crippen molar-refractivity contribution in [3.63, 3.8) is 0 Å². The summed E-state index contributed by atoms with van der Waals surface area (Å²) in [6.07, 6.45) is 6.49. The maximum absolute atomic E-state index is 12.6. The highest BCUT2D eigenvalue weighted by Crippen LogP contribution is 2.36. The van der Waals surface area contributed by atoms with Crippen LogP contribution in [0.4, 0.5) is 0 Å². The van der Waals surface area contributed by atoms with Crippen molar-refractivity contribution in [2.45, 2.75) is 32.1 Å². The first kappa shape index (κ1) is 14.6. The molecule has 1 aromatic rings. The molecule has 112 valence electrons. The molecule has 0 radical (unpaired) electrons. The molecular weight excluding hydrogens is 282 g/mol. The Bertz CT molecular complexity index is 569. The number of carbonyl (C=O) groups excluding carboxylic acids is 1. The quantitative estimate of drug-likeness (QED) is 0.810. The summed E-state index contributed by atoms with van der Waals surface area (Å²) >= 11 is 1.47. The van der Waals surface area contributed by atoms with E-state index in [1.165, 1.54) is 37.0 Å². The summed E-state index contributed by atoms with van der Waals surface area (Å²) in [4.78, 5) is 15.5. The van der Waals surface area contributed by atoms with Crippen LogP contribution in [-0.2, 0) is 0 Å². The van der Waals surface area contributed by atoms with E-state index in [0.29, 0.717) is 5.92 Å². The first-order valence-corrected chi connectivity index (χ1v) is 8.63. The SMILES string of the molecule is O=C(c1csc(C#CCO)c1)N1CCC2CCCCC2C1. The van der Waals surface area contributed by atoms with Gasteiger partial charge in [0.1, 0.15) is 6.61 Å². The van der Waals surface area contributed by atoms with E-state index in [9.17, 15) is 4.79 Å². The number of hydrogen-bond donors (Lipinski definition) is 1. The summed E-state index contributed by atoms with van der Waals surface area (Å²) in [5.41, 5.74) is 0.747. The van der Waals surface area contributed by atoms with Crippen LogP contribution in [0.1, 0.15) is 47.3 Å². The van der Waals surface area contributed by atoms with Gasteiger partial charge in [-0.05, 0) is 30.7 Å². The van der Waals surface area contributed by atoms with E-state index < -0.39 is 0 Å². The Balaban J connectivity index is 1.66. The molecule has 0 bridgehead atoms. The molecule has 2 unspecified atom stereocenters. The predicted molar refractivity (Wildman–Crippen MR) is 84.3 cm³/mol. The summed E-state index contributed by atoms with van der Waals surface area (Å²) in [5.74, 6) is 7.19. The van der Waals surface area contributed by atoms with Gasteiger partial charge in [0.25, 0.3) is 5.91 Å². The lowest BCUT2D eigenvalue weighted by Gasteiger charge is -2.41. The first-order valence-electron chi connectivity index (χ1n) is 7.75. The molecule has 1 amide bonds. The van der Waals surface area contributed by atoms with Gasteiger partial charge in [-0.25, -0.2) is 0 Å². The lowest BCUT2D eigenvalue weighted by atomic mass is 9.75. The van der Waals surface area contributed by atoms with Crippen LogP contribution < -0.4 is 0 Å². The normalized spacial score (nSPS) is 24.9. The summed E-state index contributed by atoms with van der Waals surface area (Å²) in [6.45, 7) is 1.68. The molecule has 1 aromatic heterocycles. The Morgan fingerprint density at radius 3 is 2.95 bits per heavy atom. The Morgan fingerprint density at radius 1 is 1.33 bits per heavy atom. The molecule has 1 saturated carbocycles. The third-order valence-corrected chi connectivity index (χ3v) is 5.56. The van der Waals surface area contributed by atoms with Crippen molar-refractivity contribution in [2.24, 2.45) is 11.8 Å². The fourth-order valence-electron chi connectivity index (χ4n) is 3.61. The smallest absolute Gasteiger partial charge is 0.254 e. The fourth-order valence-corrected chi connectivity index (χ4v) is 4.36. The van der Waals surface area contributed by atoms with E-state index in [4.69, 9.17) is 5.11 Å². The molecule has 2 atom stereocenters. The van der Waals surface area contributed by atoms with Gasteiger partial charge in [-0.15, -0.1) is 11.3 Å². The van der Waals surface area contributed by atoms with Crippen molar-refractivity contribution in [1.29, 1.82) is 0 Å². The highest BCUT2D eigenvalue weighted by molar-refractivity contribution is 7.10. The zero-order valence-electron chi connectivity index (χ0n) is 12.2. The standard InChI is InChI=1S/C17H21NO2S/c19-9-3-6-16-10-15(12-21-16)17(20)18-8-7-13-4-1-2-5-14(13)11-18/h10,12-14,19H,1-2,4-5,7-9,11H2. The molecule has 2 heterocycles. The van der Waals surface area contributed by atoms with E-state index in [-0.39, 0.29) is 12.5 Å². The van der Waals surface area contributed by atoms with Crippen molar-refractivity contribution >= 4 is 17.2 Å². The first-order chi connectivity index (χ1) is 10.3. The van der Waals surface area contributed by atoms with Crippen molar-refractivity contribution in [2.75, 3.05) is 19.7 Å². The highest BCUT2D eigenvalue weighted by Gasteiger charge is 2.33. The van der Waals surface area contributed by atoms with Crippen LogP contribution in [-0.4, -0.2) is 35.6 Å². The Labute approximate surface area is 130 Å². The lowest BCUT2D eigenvalue weighted by Crippen LogP contribution is -2.44. The molecule has 0 aromatic carbocycles. The van der Waals surface area contributed by atoms with Gasteiger partial charge in [-0.2, -0.15) is 0 Å². The van der Waals surface area contributed by atoms with Gasteiger partial charge in [0.2, 0.25) is 0 Å². The number of hydrogen-bond acceptors (Lipinski definition) is 3. The molecular formula is C17H21NO2S. The summed E-state index contributed by atoms with van der Waals surface area (Å²) in [7, 11) is 0. The number of rotatable bonds is 1. The van der Waals surface area contributed by atoms with Gasteiger partial charge in [0.15, 0.2) is 0 Å². The zero-order valence-corrected chi connectivity index (χ0v) is 13.0. The van der Waals surface area contributed by atoms with Gasteiger partial charge in [-0.1, -0.05) is 31.1 Å². The molecule has 2 fully saturated rings. The summed E-state index contributed by atoms with van der Waals surface area (Å²) in [6, 6.07) is 1.85. The van der Waals surface area contributed by atoms with Crippen LogP contribution >= 0.6 is 11.3 Å². The second kappa shape index (κ2) is 6.64. The van der Waals surface area contributed by atoms with Crippen molar-refractivity contribution in [3.8, 4) is 11.8 Å². The summed E-state index contributed by atoms with van der Waals surface area (Å²) in [5, 5.41) is 10.6. The van der Waals surface area contributed by atoms with Crippen LogP contribution in [0.15, 0.2) is 11.4 Å². The largest absolute Gasteiger partial charge is 0.384 e. The predicted octanol–water partition coefficient (Wildman–Crippen LogP) is 2.74. The number of amides is 1. The van der Waals surface area contributed by atoms with Crippen LogP contribution in [0.3, 0.4) is 0 Å². The molecule has 2 aliphatic rings. The molecule has 1 N–H and O–H groups in total. The van der Waals surface area contributed by atoms with E-state index in [1.807, 2.05) is 16.3 Å². The third kappa shape index (κ3) is 3.30. The Morgan fingerprint density at radius 2 is 2.14 bits per heavy atom. The summed E-state index contributed by atoms with van der Waals surface area (Å²) < 4.78 is 0. The van der Waals surface area contributed by atoms with E-state index >= 15 is 0 Å². The van der Waals surface area contributed by atoms with E-state index in [1.54, 1.807) is 0 Å². The topological polar surface area (TPSA) is 40.5 Å². The van der Waals surface area contributed by atoms with Crippen molar-refractivity contribution < 1.29 is 9.90 Å². The molecule has 0 spiro atoms. The molecule has 1 saturated heterocycles. The second-order valence-corrected chi connectivity index (χ2v) is 6.92. The van der Waals surface area contributed by atoms with Gasteiger partial charge in [-0.3, -0.25) is 4.79 Å². The highest BCUT2D eigenvalue weighted by atomic mass is 32.1. The number of carbonyl (C=O) groups is 1. The molecule has 1 aliphatic heterocycles. The van der Waals surface area contributed by atoms with Crippen molar-refractivity contribution in [1.82, 2.24) is 4.90 Å². The van der Waals surface area contributed by atoms with Gasteiger partial charge >= 0.3 is 0 Å². The third-order valence-electron chi connectivity index (χ3n) is 4.72. The number of piperidine rings is 1. The molecule has 4 heteroatoms. The number of aliphatic hydroxyl groups is 1. The van der Waals surface area contributed by atoms with Gasteiger partial charge in [0.05, 0.1) is 10.4 Å². The molecule has 21 heavy (non-hydrogen) atoms. The Kier molecular flexibility index (Phi) is 4.62. The van der Waals surface area contributed by atoms with Crippen LogP contribution in [0.2, 0.25) is 0 Å². The number of fused-ring (bicyclic) bond motifs is 1. The lowest BCUT2D eigenvalue weighted by molar-refractivity contribution is 0.0521. The average Bonchev–Trinajstić information content (AvgIpc) is 3.00. The van der Waals surface area contributed by atoms with Crippen LogP contribution in [0, 0.1) is 23.7 Å². The van der Waals surface area contributed by atoms with Gasteiger partial charge < -0.3 is 10.0 Å². The maximum atomic E-state index is 12.6. The minimum absolute atomic E-state index is 0.142. The molecule has 3 nitrogen and oxygen atoms in total.